The second kappa shape index (κ2) is 7.20. The molecule has 0 spiro atoms. The van der Waals surface area contributed by atoms with E-state index in [0.717, 1.165) is 35.8 Å². The third-order valence-electron chi connectivity index (χ3n) is 5.09. The molecule has 0 saturated heterocycles. The van der Waals surface area contributed by atoms with Gasteiger partial charge in [0.25, 0.3) is 5.91 Å². The normalized spacial score (nSPS) is 17.3. The van der Waals surface area contributed by atoms with Crippen LogP contribution in [0.25, 0.3) is 10.8 Å². The van der Waals surface area contributed by atoms with Gasteiger partial charge in [-0.3, -0.25) is 4.79 Å². The van der Waals surface area contributed by atoms with Gasteiger partial charge in [0.15, 0.2) is 6.10 Å². The molecule has 0 bridgehead atoms. The Balaban J connectivity index is 1.45. The Morgan fingerprint density at radius 1 is 1.04 bits per heavy atom. The van der Waals surface area contributed by atoms with Crippen molar-refractivity contribution in [3.05, 3.63) is 77.9 Å². The Kier molecular flexibility index (Phi) is 4.61. The first kappa shape index (κ1) is 16.6. The van der Waals surface area contributed by atoms with E-state index in [1.165, 1.54) is 11.1 Å². The highest BCUT2D eigenvalue weighted by molar-refractivity contribution is 5.84. The van der Waals surface area contributed by atoms with Gasteiger partial charge in [-0.25, -0.2) is 0 Å². The number of nitrogens with one attached hydrogen (secondary N) is 1. The number of hydrogen-bond acceptors (Lipinski definition) is 2. The van der Waals surface area contributed by atoms with Crippen LogP contribution in [0.2, 0.25) is 0 Å². The van der Waals surface area contributed by atoms with Crippen LogP contribution in [0.4, 0.5) is 0 Å². The van der Waals surface area contributed by atoms with Gasteiger partial charge >= 0.3 is 0 Å². The molecule has 1 aliphatic rings. The number of carbonyl (C=O) groups excluding carboxylic acids is 1. The zero-order valence-electron chi connectivity index (χ0n) is 14.9. The number of rotatable bonds is 4. The zero-order chi connectivity index (χ0) is 17.9. The molecule has 26 heavy (non-hydrogen) atoms. The van der Waals surface area contributed by atoms with Gasteiger partial charge in [-0.15, -0.1) is 0 Å². The van der Waals surface area contributed by atoms with Crippen molar-refractivity contribution < 1.29 is 9.53 Å². The van der Waals surface area contributed by atoms with Crippen molar-refractivity contribution in [2.24, 2.45) is 0 Å². The maximum Gasteiger partial charge on any atom is 0.261 e. The number of ether oxygens (including phenoxy) is 1. The first-order valence-electron chi connectivity index (χ1n) is 9.24. The number of amides is 1. The van der Waals surface area contributed by atoms with Gasteiger partial charge in [-0.2, -0.15) is 0 Å². The third kappa shape index (κ3) is 3.43. The number of benzene rings is 3. The van der Waals surface area contributed by atoms with Crippen molar-refractivity contribution in [1.82, 2.24) is 5.32 Å². The predicted molar refractivity (Wildman–Crippen MR) is 104 cm³/mol. The molecule has 2 atom stereocenters. The van der Waals surface area contributed by atoms with E-state index in [1.807, 2.05) is 42.5 Å². The van der Waals surface area contributed by atoms with Crippen molar-refractivity contribution in [2.45, 2.75) is 38.3 Å². The molecule has 4 rings (SSSR count). The van der Waals surface area contributed by atoms with Crippen LogP contribution in [0.5, 0.6) is 5.75 Å². The molecule has 0 radical (unpaired) electrons. The summed E-state index contributed by atoms with van der Waals surface area (Å²) >= 11 is 0. The summed E-state index contributed by atoms with van der Waals surface area (Å²) in [5, 5.41) is 5.44. The molecule has 3 nitrogen and oxygen atoms in total. The Morgan fingerprint density at radius 2 is 1.81 bits per heavy atom. The fourth-order valence-corrected chi connectivity index (χ4v) is 3.69. The minimum absolute atomic E-state index is 0.0696. The van der Waals surface area contributed by atoms with E-state index in [2.05, 4.69) is 29.6 Å². The highest BCUT2D eigenvalue weighted by atomic mass is 16.5. The van der Waals surface area contributed by atoms with Gasteiger partial charge in [0, 0.05) is 0 Å². The van der Waals surface area contributed by atoms with Crippen molar-refractivity contribution in [3.8, 4) is 5.75 Å². The minimum Gasteiger partial charge on any atom is -0.481 e. The molecule has 3 aromatic rings. The fraction of sp³-hybridized carbons (Fsp3) is 0.261. The summed E-state index contributed by atoms with van der Waals surface area (Å²) < 4.78 is 5.90. The van der Waals surface area contributed by atoms with Crippen LogP contribution in [0.1, 0.15) is 36.9 Å². The lowest BCUT2D eigenvalue weighted by molar-refractivity contribution is -0.128. The standard InChI is InChI=1S/C23H23NO2/c1-16(26-20-14-13-17-7-2-3-9-19(17)15-20)23(25)24-22-12-6-10-18-8-4-5-11-21(18)22/h2-5,7-9,11,13-16,22H,6,10,12H2,1H3,(H,24,25)/t16-,22+/m1/s1. The van der Waals surface area contributed by atoms with Crippen LogP contribution in [0.3, 0.4) is 0 Å². The first-order valence-corrected chi connectivity index (χ1v) is 9.24. The Morgan fingerprint density at radius 3 is 2.69 bits per heavy atom. The largest absolute Gasteiger partial charge is 0.481 e. The van der Waals surface area contributed by atoms with Crippen molar-refractivity contribution in [2.75, 3.05) is 0 Å². The SMILES string of the molecule is C[C@@H](Oc1ccc2ccccc2c1)C(=O)N[C@H]1CCCc2ccccc21. The third-order valence-corrected chi connectivity index (χ3v) is 5.09. The lowest BCUT2D eigenvalue weighted by atomic mass is 9.87. The maximum atomic E-state index is 12.7. The lowest BCUT2D eigenvalue weighted by Crippen LogP contribution is -2.39. The van der Waals surface area contributed by atoms with Crippen LogP contribution >= 0.6 is 0 Å². The van der Waals surface area contributed by atoms with E-state index in [0.29, 0.717) is 0 Å². The number of fused-ring (bicyclic) bond motifs is 2. The second-order valence-electron chi connectivity index (χ2n) is 6.92. The molecule has 0 aliphatic heterocycles. The lowest BCUT2D eigenvalue weighted by Gasteiger charge is -2.27. The van der Waals surface area contributed by atoms with Crippen LogP contribution in [0, 0.1) is 0 Å². The van der Waals surface area contributed by atoms with E-state index < -0.39 is 6.10 Å². The number of carbonyl (C=O) groups is 1. The molecule has 0 aromatic heterocycles. The van der Waals surface area contributed by atoms with E-state index in [9.17, 15) is 4.79 Å². The first-order chi connectivity index (χ1) is 12.7. The average Bonchev–Trinajstić information content (AvgIpc) is 2.68. The van der Waals surface area contributed by atoms with E-state index in [4.69, 9.17) is 4.74 Å². The summed E-state index contributed by atoms with van der Waals surface area (Å²) in [5.74, 6) is 0.648. The monoisotopic (exact) mass is 345 g/mol. The van der Waals surface area contributed by atoms with E-state index in [-0.39, 0.29) is 11.9 Å². The topological polar surface area (TPSA) is 38.3 Å². The van der Waals surface area contributed by atoms with Crippen LogP contribution in [-0.4, -0.2) is 12.0 Å². The Labute approximate surface area is 154 Å². The zero-order valence-corrected chi connectivity index (χ0v) is 14.9. The maximum absolute atomic E-state index is 12.7. The molecule has 0 fully saturated rings. The summed E-state index contributed by atoms with van der Waals surface area (Å²) in [7, 11) is 0. The summed E-state index contributed by atoms with van der Waals surface area (Å²) in [5.41, 5.74) is 2.58. The molecule has 132 valence electrons. The van der Waals surface area contributed by atoms with Crippen molar-refractivity contribution in [3.63, 3.8) is 0 Å². The highest BCUT2D eigenvalue weighted by Gasteiger charge is 2.24. The van der Waals surface area contributed by atoms with Gasteiger partial charge in [-0.1, -0.05) is 54.6 Å². The van der Waals surface area contributed by atoms with Crippen LogP contribution in [0.15, 0.2) is 66.7 Å². The molecule has 3 aromatic carbocycles. The van der Waals surface area contributed by atoms with Crippen LogP contribution < -0.4 is 10.1 Å². The Bertz CT molecular complexity index is 934. The van der Waals surface area contributed by atoms with Gasteiger partial charge in [0.05, 0.1) is 6.04 Å². The van der Waals surface area contributed by atoms with Crippen molar-refractivity contribution in [1.29, 1.82) is 0 Å². The second-order valence-corrected chi connectivity index (χ2v) is 6.92. The molecule has 0 saturated carbocycles. The minimum atomic E-state index is -0.537. The van der Waals surface area contributed by atoms with Crippen LogP contribution in [-0.2, 0) is 11.2 Å². The predicted octanol–water partition coefficient (Wildman–Crippen LogP) is 4.80. The molecule has 1 N–H and O–H groups in total. The highest BCUT2D eigenvalue weighted by Crippen LogP contribution is 2.29. The fourth-order valence-electron chi connectivity index (χ4n) is 3.69. The molecule has 0 heterocycles. The smallest absolute Gasteiger partial charge is 0.261 e. The molecule has 1 aliphatic carbocycles. The van der Waals surface area contributed by atoms with Gasteiger partial charge in [-0.05, 0) is 60.2 Å². The Hall–Kier alpha value is -2.81. The summed E-state index contributed by atoms with van der Waals surface area (Å²) in [6, 6.07) is 22.5. The van der Waals surface area contributed by atoms with Gasteiger partial charge in [0.2, 0.25) is 0 Å². The van der Waals surface area contributed by atoms with E-state index >= 15 is 0 Å². The number of aryl methyl sites for hydroxylation is 1. The average molecular weight is 345 g/mol. The molecule has 0 unspecified atom stereocenters. The number of hydrogen-bond donors (Lipinski definition) is 1. The van der Waals surface area contributed by atoms with E-state index in [1.54, 1.807) is 6.92 Å². The summed E-state index contributed by atoms with van der Waals surface area (Å²) in [6.45, 7) is 1.80. The summed E-state index contributed by atoms with van der Waals surface area (Å²) in [6.07, 6.45) is 2.63. The molecular weight excluding hydrogens is 322 g/mol. The van der Waals surface area contributed by atoms with Gasteiger partial charge in [0.1, 0.15) is 5.75 Å². The summed E-state index contributed by atoms with van der Waals surface area (Å²) in [4.78, 5) is 12.7. The van der Waals surface area contributed by atoms with Gasteiger partial charge < -0.3 is 10.1 Å². The quantitative estimate of drug-likeness (QED) is 0.737. The molecular formula is C23H23NO2. The molecule has 1 amide bonds. The van der Waals surface area contributed by atoms with Crippen molar-refractivity contribution >= 4 is 16.7 Å². The molecule has 3 heteroatoms.